The third-order valence-corrected chi connectivity index (χ3v) is 2.18. The molecule has 1 heterocycles. The number of aldehydes is 1. The number of hydrogen-bond donors (Lipinski definition) is 0. The summed E-state index contributed by atoms with van der Waals surface area (Å²) in [6.45, 7) is 0. The second-order valence-corrected chi connectivity index (χ2v) is 2.94. The highest BCUT2D eigenvalue weighted by atomic mass is 16.5. The second-order valence-electron chi connectivity index (χ2n) is 2.94. The minimum absolute atomic E-state index is 0.148. The molecule has 0 amide bonds. The SMILES string of the molecule is O=CC1CC2C=CC=CC2O1. The molecule has 0 saturated carbocycles. The third kappa shape index (κ3) is 1.14. The first-order chi connectivity index (χ1) is 5.40. The van der Waals surface area contributed by atoms with Crippen LogP contribution in [0.1, 0.15) is 6.42 Å². The standard InChI is InChI=1S/C9H10O2/c10-6-8-5-7-3-1-2-4-9(7)11-8/h1-4,6-9H,5H2. The first kappa shape index (κ1) is 6.80. The number of carbonyl (C=O) groups is 1. The van der Waals surface area contributed by atoms with Crippen molar-refractivity contribution in [3.63, 3.8) is 0 Å². The van der Waals surface area contributed by atoms with Crippen LogP contribution in [0.2, 0.25) is 0 Å². The van der Waals surface area contributed by atoms with E-state index in [0.717, 1.165) is 12.7 Å². The van der Waals surface area contributed by atoms with Crippen LogP contribution in [0.3, 0.4) is 0 Å². The lowest BCUT2D eigenvalue weighted by Gasteiger charge is -2.12. The quantitative estimate of drug-likeness (QED) is 0.523. The minimum Gasteiger partial charge on any atom is -0.363 e. The second kappa shape index (κ2) is 2.62. The zero-order chi connectivity index (χ0) is 7.68. The van der Waals surface area contributed by atoms with Gasteiger partial charge in [-0.15, -0.1) is 0 Å². The Morgan fingerprint density at radius 3 is 2.91 bits per heavy atom. The molecule has 0 bridgehead atoms. The van der Waals surface area contributed by atoms with E-state index in [1.54, 1.807) is 0 Å². The molecule has 58 valence electrons. The molecule has 2 nitrogen and oxygen atoms in total. The van der Waals surface area contributed by atoms with Crippen molar-refractivity contribution in [3.8, 4) is 0 Å². The number of rotatable bonds is 1. The molecule has 0 spiro atoms. The van der Waals surface area contributed by atoms with E-state index in [1.165, 1.54) is 0 Å². The summed E-state index contributed by atoms with van der Waals surface area (Å²) in [5.41, 5.74) is 0. The third-order valence-electron chi connectivity index (χ3n) is 2.18. The molecule has 1 aliphatic heterocycles. The molecule has 0 N–H and O–H groups in total. The lowest BCUT2D eigenvalue weighted by Crippen LogP contribution is -2.13. The Bertz CT molecular complexity index is 198. The Balaban J connectivity index is 2.11. The summed E-state index contributed by atoms with van der Waals surface area (Å²) < 4.78 is 5.41. The van der Waals surface area contributed by atoms with Crippen LogP contribution in [0.4, 0.5) is 0 Å². The summed E-state index contributed by atoms with van der Waals surface area (Å²) in [6, 6.07) is 0. The zero-order valence-electron chi connectivity index (χ0n) is 6.14. The molecule has 0 aromatic heterocycles. The smallest absolute Gasteiger partial charge is 0.148 e. The Labute approximate surface area is 65.5 Å². The molecule has 0 radical (unpaired) electrons. The van der Waals surface area contributed by atoms with Gasteiger partial charge in [-0.05, 0) is 6.42 Å². The molecule has 3 atom stereocenters. The van der Waals surface area contributed by atoms with E-state index in [0.29, 0.717) is 5.92 Å². The molecule has 1 saturated heterocycles. The Hall–Kier alpha value is -0.890. The highest BCUT2D eigenvalue weighted by Crippen LogP contribution is 2.29. The Morgan fingerprint density at radius 1 is 1.36 bits per heavy atom. The fraction of sp³-hybridized carbons (Fsp3) is 0.444. The van der Waals surface area contributed by atoms with E-state index in [4.69, 9.17) is 4.74 Å². The van der Waals surface area contributed by atoms with Gasteiger partial charge in [-0.25, -0.2) is 0 Å². The lowest BCUT2D eigenvalue weighted by molar-refractivity contribution is -0.116. The minimum atomic E-state index is -0.183. The van der Waals surface area contributed by atoms with Crippen molar-refractivity contribution < 1.29 is 9.53 Å². The van der Waals surface area contributed by atoms with Crippen LogP contribution in [-0.2, 0) is 9.53 Å². The van der Waals surface area contributed by atoms with Gasteiger partial charge in [0.05, 0.1) is 6.10 Å². The highest BCUT2D eigenvalue weighted by molar-refractivity contribution is 5.57. The highest BCUT2D eigenvalue weighted by Gasteiger charge is 2.32. The first-order valence-corrected chi connectivity index (χ1v) is 3.86. The van der Waals surface area contributed by atoms with Crippen LogP contribution >= 0.6 is 0 Å². The van der Waals surface area contributed by atoms with Gasteiger partial charge < -0.3 is 9.53 Å². The summed E-state index contributed by atoms with van der Waals surface area (Å²) in [4.78, 5) is 10.4. The molecule has 2 aliphatic rings. The molecule has 3 unspecified atom stereocenters. The van der Waals surface area contributed by atoms with Gasteiger partial charge in [-0.1, -0.05) is 24.3 Å². The topological polar surface area (TPSA) is 26.3 Å². The summed E-state index contributed by atoms with van der Waals surface area (Å²) in [7, 11) is 0. The first-order valence-electron chi connectivity index (χ1n) is 3.86. The van der Waals surface area contributed by atoms with Crippen LogP contribution < -0.4 is 0 Å². The van der Waals surface area contributed by atoms with Gasteiger partial charge in [-0.2, -0.15) is 0 Å². The monoisotopic (exact) mass is 150 g/mol. The molecule has 2 rings (SSSR count). The lowest BCUT2D eigenvalue weighted by atomic mass is 9.96. The maximum absolute atomic E-state index is 10.4. The van der Waals surface area contributed by atoms with Gasteiger partial charge in [0.25, 0.3) is 0 Å². The number of ether oxygens (including phenoxy) is 1. The number of hydrogen-bond acceptors (Lipinski definition) is 2. The van der Waals surface area contributed by atoms with E-state index >= 15 is 0 Å². The average molecular weight is 150 g/mol. The van der Waals surface area contributed by atoms with Crippen molar-refractivity contribution in [3.05, 3.63) is 24.3 Å². The van der Waals surface area contributed by atoms with Gasteiger partial charge in [0.1, 0.15) is 12.4 Å². The van der Waals surface area contributed by atoms with Crippen molar-refractivity contribution in [2.75, 3.05) is 0 Å². The predicted octanol–water partition coefficient (Wildman–Crippen LogP) is 1.08. The van der Waals surface area contributed by atoms with E-state index in [2.05, 4.69) is 6.08 Å². The van der Waals surface area contributed by atoms with Crippen LogP contribution in [0, 0.1) is 5.92 Å². The van der Waals surface area contributed by atoms with E-state index in [1.807, 2.05) is 18.2 Å². The predicted molar refractivity (Wildman–Crippen MR) is 41.1 cm³/mol. The van der Waals surface area contributed by atoms with Crippen molar-refractivity contribution in [1.29, 1.82) is 0 Å². The molecule has 2 heteroatoms. The number of allylic oxidation sites excluding steroid dienone is 2. The van der Waals surface area contributed by atoms with Gasteiger partial charge >= 0.3 is 0 Å². The fourth-order valence-electron chi connectivity index (χ4n) is 1.60. The zero-order valence-corrected chi connectivity index (χ0v) is 6.14. The average Bonchev–Trinajstić information content (AvgIpc) is 2.46. The van der Waals surface area contributed by atoms with Crippen LogP contribution in [-0.4, -0.2) is 18.5 Å². The molecule has 1 aliphatic carbocycles. The van der Waals surface area contributed by atoms with E-state index < -0.39 is 0 Å². The molecule has 0 aromatic carbocycles. The number of fused-ring (bicyclic) bond motifs is 1. The van der Waals surface area contributed by atoms with Crippen molar-refractivity contribution in [2.24, 2.45) is 5.92 Å². The molecular weight excluding hydrogens is 140 g/mol. The molecule has 0 aromatic rings. The Morgan fingerprint density at radius 2 is 2.18 bits per heavy atom. The maximum Gasteiger partial charge on any atom is 0.148 e. The summed E-state index contributed by atoms with van der Waals surface area (Å²) in [6.07, 6.45) is 9.79. The summed E-state index contributed by atoms with van der Waals surface area (Å²) in [5.74, 6) is 0.426. The van der Waals surface area contributed by atoms with Crippen LogP contribution in [0.15, 0.2) is 24.3 Å². The van der Waals surface area contributed by atoms with E-state index in [9.17, 15) is 4.79 Å². The molecular formula is C9H10O2. The normalized spacial score (nSPS) is 40.5. The van der Waals surface area contributed by atoms with Gasteiger partial charge in [0.15, 0.2) is 0 Å². The van der Waals surface area contributed by atoms with Crippen molar-refractivity contribution >= 4 is 6.29 Å². The van der Waals surface area contributed by atoms with Crippen LogP contribution in [0.5, 0.6) is 0 Å². The van der Waals surface area contributed by atoms with Crippen molar-refractivity contribution in [2.45, 2.75) is 18.6 Å². The molecule has 1 fully saturated rings. The van der Waals surface area contributed by atoms with Crippen molar-refractivity contribution in [1.82, 2.24) is 0 Å². The van der Waals surface area contributed by atoms with Gasteiger partial charge in [0, 0.05) is 5.92 Å². The summed E-state index contributed by atoms with van der Waals surface area (Å²) in [5, 5.41) is 0. The summed E-state index contributed by atoms with van der Waals surface area (Å²) >= 11 is 0. The van der Waals surface area contributed by atoms with Gasteiger partial charge in [0.2, 0.25) is 0 Å². The maximum atomic E-state index is 10.4. The Kier molecular flexibility index (Phi) is 1.62. The van der Waals surface area contributed by atoms with E-state index in [-0.39, 0.29) is 12.2 Å². The van der Waals surface area contributed by atoms with Gasteiger partial charge in [-0.3, -0.25) is 0 Å². The van der Waals surface area contributed by atoms with Crippen LogP contribution in [0.25, 0.3) is 0 Å². The number of carbonyl (C=O) groups excluding carboxylic acids is 1. The fourth-order valence-corrected chi connectivity index (χ4v) is 1.60. The largest absolute Gasteiger partial charge is 0.363 e. The molecule has 11 heavy (non-hydrogen) atoms.